The van der Waals surface area contributed by atoms with Gasteiger partial charge in [0, 0.05) is 19.0 Å². The van der Waals surface area contributed by atoms with E-state index in [1.807, 2.05) is 0 Å². The fraction of sp³-hybridized carbons (Fsp3) is 0.947. The summed E-state index contributed by atoms with van der Waals surface area (Å²) in [4.78, 5) is 16.9. The lowest BCUT2D eigenvalue weighted by molar-refractivity contribution is -0.150. The molecule has 0 aromatic rings. The Balaban J connectivity index is 1.94. The molecule has 0 radical (unpaired) electrons. The van der Waals surface area contributed by atoms with E-state index in [1.165, 1.54) is 6.42 Å². The summed E-state index contributed by atoms with van der Waals surface area (Å²) < 4.78 is 38.2. The second kappa shape index (κ2) is 9.93. The number of hydrogen-bond acceptors (Lipinski definition) is 3. The van der Waals surface area contributed by atoms with Crippen LogP contribution in [-0.4, -0.2) is 67.2 Å². The van der Waals surface area contributed by atoms with Crippen molar-refractivity contribution < 1.29 is 18.0 Å². The van der Waals surface area contributed by atoms with Crippen LogP contribution in [0.5, 0.6) is 0 Å². The van der Waals surface area contributed by atoms with Crippen molar-refractivity contribution in [1.82, 2.24) is 15.1 Å². The first-order valence-corrected chi connectivity index (χ1v) is 10.1. The summed E-state index contributed by atoms with van der Waals surface area (Å²) in [5.74, 6) is 0.175. The molecule has 2 saturated heterocycles. The summed E-state index contributed by atoms with van der Waals surface area (Å²) >= 11 is 0. The third-order valence-corrected chi connectivity index (χ3v) is 5.80. The molecule has 26 heavy (non-hydrogen) atoms. The maximum Gasteiger partial charge on any atom is 0.389 e. The number of hydrogen-bond donors (Lipinski definition) is 1. The Kier molecular flexibility index (Phi) is 8.20. The molecule has 2 aliphatic rings. The van der Waals surface area contributed by atoms with E-state index < -0.39 is 18.5 Å². The van der Waals surface area contributed by atoms with Gasteiger partial charge in [-0.25, -0.2) is 0 Å². The number of nitrogens with zero attached hydrogens (tertiary/aromatic N) is 2. The van der Waals surface area contributed by atoms with Gasteiger partial charge in [-0.3, -0.25) is 9.69 Å². The van der Waals surface area contributed by atoms with Crippen LogP contribution < -0.4 is 5.32 Å². The van der Waals surface area contributed by atoms with E-state index in [-0.39, 0.29) is 18.5 Å². The number of halogens is 3. The van der Waals surface area contributed by atoms with Gasteiger partial charge < -0.3 is 10.2 Å². The van der Waals surface area contributed by atoms with Gasteiger partial charge in [-0.15, -0.1) is 0 Å². The Morgan fingerprint density at radius 1 is 1.19 bits per heavy atom. The fourth-order valence-electron chi connectivity index (χ4n) is 4.20. The number of carbonyl (C=O) groups excluding carboxylic acids is 1. The van der Waals surface area contributed by atoms with Gasteiger partial charge in [0.15, 0.2) is 0 Å². The third kappa shape index (κ3) is 7.06. The highest BCUT2D eigenvalue weighted by Crippen LogP contribution is 2.27. The fourth-order valence-corrected chi connectivity index (χ4v) is 4.20. The second-order valence-electron chi connectivity index (χ2n) is 8.08. The van der Waals surface area contributed by atoms with E-state index in [1.54, 1.807) is 11.8 Å². The van der Waals surface area contributed by atoms with E-state index in [0.29, 0.717) is 6.54 Å². The SMILES string of the molecule is CCC1CCN(CC(=O)N(CC(C)CC(F)(F)F)C2CCNCC2)CC1. The number of amides is 1. The maximum absolute atomic E-state index is 12.9. The van der Waals surface area contributed by atoms with E-state index in [0.717, 1.165) is 57.8 Å². The van der Waals surface area contributed by atoms with Crippen LogP contribution in [-0.2, 0) is 4.79 Å². The standard InChI is InChI=1S/C19H34F3N3O/c1-3-16-6-10-24(11-7-16)14-18(26)25(17-4-8-23-9-5-17)13-15(2)12-19(20,21)22/h15-17,23H,3-14H2,1-2H3. The molecule has 7 heteroatoms. The molecular weight excluding hydrogens is 343 g/mol. The Morgan fingerprint density at radius 2 is 1.81 bits per heavy atom. The summed E-state index contributed by atoms with van der Waals surface area (Å²) in [5, 5.41) is 3.26. The predicted octanol–water partition coefficient (Wildman–Crippen LogP) is 3.28. The number of piperidine rings is 2. The first-order valence-electron chi connectivity index (χ1n) is 10.1. The molecule has 1 amide bonds. The zero-order chi connectivity index (χ0) is 19.2. The molecular formula is C19H34F3N3O. The van der Waals surface area contributed by atoms with Crippen molar-refractivity contribution in [3.8, 4) is 0 Å². The minimum atomic E-state index is -4.18. The van der Waals surface area contributed by atoms with Gasteiger partial charge in [-0.1, -0.05) is 20.3 Å². The molecule has 0 spiro atoms. The van der Waals surface area contributed by atoms with Crippen LogP contribution in [0.1, 0.15) is 52.4 Å². The normalized spacial score (nSPS) is 22.3. The second-order valence-corrected chi connectivity index (χ2v) is 8.08. The van der Waals surface area contributed by atoms with Crippen molar-refractivity contribution in [2.45, 2.75) is 64.6 Å². The molecule has 1 N–H and O–H groups in total. The number of likely N-dealkylation sites (tertiary alicyclic amines) is 1. The molecule has 2 aliphatic heterocycles. The lowest BCUT2D eigenvalue weighted by atomic mass is 9.94. The van der Waals surface area contributed by atoms with Gasteiger partial charge in [0.25, 0.3) is 0 Å². The minimum Gasteiger partial charge on any atom is -0.338 e. The summed E-state index contributed by atoms with van der Waals surface area (Å²) in [6, 6.07) is 0.0626. The zero-order valence-electron chi connectivity index (χ0n) is 16.2. The molecule has 1 atom stereocenters. The topological polar surface area (TPSA) is 35.6 Å². The van der Waals surface area contributed by atoms with Gasteiger partial charge in [-0.05, 0) is 63.7 Å². The lowest BCUT2D eigenvalue weighted by Gasteiger charge is -2.38. The number of carbonyl (C=O) groups is 1. The van der Waals surface area contributed by atoms with E-state index in [4.69, 9.17) is 0 Å². The molecule has 0 bridgehead atoms. The molecule has 4 nitrogen and oxygen atoms in total. The minimum absolute atomic E-state index is 0.000808. The summed E-state index contributed by atoms with van der Waals surface area (Å²) in [6.45, 7) is 7.83. The van der Waals surface area contributed by atoms with Crippen LogP contribution in [0.15, 0.2) is 0 Å². The molecule has 0 saturated carbocycles. The van der Waals surface area contributed by atoms with Crippen LogP contribution in [0.2, 0.25) is 0 Å². The Hall–Kier alpha value is -0.820. The number of nitrogens with one attached hydrogen (secondary N) is 1. The summed E-state index contributed by atoms with van der Waals surface area (Å²) in [7, 11) is 0. The summed E-state index contributed by atoms with van der Waals surface area (Å²) in [6.07, 6.45) is 0.0415. The molecule has 0 aliphatic carbocycles. The van der Waals surface area contributed by atoms with Gasteiger partial charge in [0.05, 0.1) is 6.54 Å². The van der Waals surface area contributed by atoms with Gasteiger partial charge >= 0.3 is 6.18 Å². The van der Waals surface area contributed by atoms with Crippen molar-refractivity contribution in [3.05, 3.63) is 0 Å². The van der Waals surface area contributed by atoms with Crippen LogP contribution in [0.4, 0.5) is 13.2 Å². The quantitative estimate of drug-likeness (QED) is 0.740. The molecule has 0 aromatic carbocycles. The van der Waals surface area contributed by atoms with Crippen molar-refractivity contribution in [2.24, 2.45) is 11.8 Å². The van der Waals surface area contributed by atoms with Crippen LogP contribution in [0.3, 0.4) is 0 Å². The van der Waals surface area contributed by atoms with Crippen molar-refractivity contribution in [3.63, 3.8) is 0 Å². The monoisotopic (exact) mass is 377 g/mol. The first kappa shape index (κ1) is 21.5. The Labute approximate surface area is 155 Å². The molecule has 152 valence electrons. The van der Waals surface area contributed by atoms with Gasteiger partial charge in [0.1, 0.15) is 0 Å². The molecule has 0 aromatic heterocycles. The molecule has 2 fully saturated rings. The third-order valence-electron chi connectivity index (χ3n) is 5.80. The van der Waals surface area contributed by atoms with Crippen LogP contribution in [0.25, 0.3) is 0 Å². The van der Waals surface area contributed by atoms with Crippen molar-refractivity contribution >= 4 is 5.91 Å². The highest BCUT2D eigenvalue weighted by Gasteiger charge is 2.34. The average molecular weight is 377 g/mol. The zero-order valence-corrected chi connectivity index (χ0v) is 16.2. The van der Waals surface area contributed by atoms with Gasteiger partial charge in [0.2, 0.25) is 5.91 Å². The Morgan fingerprint density at radius 3 is 2.35 bits per heavy atom. The highest BCUT2D eigenvalue weighted by molar-refractivity contribution is 5.78. The lowest BCUT2D eigenvalue weighted by Crippen LogP contribution is -2.51. The molecule has 2 rings (SSSR count). The van der Waals surface area contributed by atoms with E-state index in [9.17, 15) is 18.0 Å². The summed E-state index contributed by atoms with van der Waals surface area (Å²) in [5.41, 5.74) is 0. The predicted molar refractivity (Wildman–Crippen MR) is 96.9 cm³/mol. The number of alkyl halides is 3. The van der Waals surface area contributed by atoms with Crippen molar-refractivity contribution in [2.75, 3.05) is 39.3 Å². The number of rotatable bonds is 7. The van der Waals surface area contributed by atoms with Gasteiger partial charge in [-0.2, -0.15) is 13.2 Å². The Bertz CT molecular complexity index is 430. The smallest absolute Gasteiger partial charge is 0.338 e. The maximum atomic E-state index is 12.9. The van der Waals surface area contributed by atoms with E-state index >= 15 is 0 Å². The average Bonchev–Trinajstić information content (AvgIpc) is 2.59. The van der Waals surface area contributed by atoms with Crippen LogP contribution in [0, 0.1) is 11.8 Å². The van der Waals surface area contributed by atoms with Crippen LogP contribution >= 0.6 is 0 Å². The van der Waals surface area contributed by atoms with E-state index in [2.05, 4.69) is 17.1 Å². The molecule has 1 unspecified atom stereocenters. The largest absolute Gasteiger partial charge is 0.389 e. The first-order chi connectivity index (χ1) is 12.3. The molecule has 2 heterocycles. The van der Waals surface area contributed by atoms with Crippen molar-refractivity contribution in [1.29, 1.82) is 0 Å². The highest BCUT2D eigenvalue weighted by atomic mass is 19.4.